The minimum atomic E-state index is -0.201. The molecule has 22 heavy (non-hydrogen) atoms. The lowest BCUT2D eigenvalue weighted by Crippen LogP contribution is -2.18. The standard InChI is InChI=1S/C17H24N4O/c1-5-13(6-2)11-18-20-17(22)14-8-9-16-15(10-14)19-12(4)21(16)7-3/h8-11,13H,5-7H2,1-4H3,(H,20,22)/b18-11-. The summed E-state index contributed by atoms with van der Waals surface area (Å²) in [6, 6.07) is 5.58. The SMILES string of the molecule is CCC(/C=N\NC(=O)c1ccc2c(c1)nc(C)n2CC)CC. The number of aromatic nitrogens is 2. The van der Waals surface area contributed by atoms with Gasteiger partial charge in [-0.05, 0) is 50.8 Å². The average molecular weight is 300 g/mol. The number of benzene rings is 1. The predicted octanol–water partition coefficient (Wildman–Crippen LogP) is 3.52. The summed E-state index contributed by atoms with van der Waals surface area (Å²) >= 11 is 0. The van der Waals surface area contributed by atoms with Crippen LogP contribution >= 0.6 is 0 Å². The van der Waals surface area contributed by atoms with Gasteiger partial charge in [-0.2, -0.15) is 5.10 Å². The second-order valence-corrected chi connectivity index (χ2v) is 5.40. The molecular weight excluding hydrogens is 276 g/mol. The molecule has 5 nitrogen and oxygen atoms in total. The van der Waals surface area contributed by atoms with E-state index in [0.29, 0.717) is 11.5 Å². The highest BCUT2D eigenvalue weighted by Gasteiger charge is 2.10. The molecule has 0 radical (unpaired) electrons. The van der Waals surface area contributed by atoms with Crippen molar-refractivity contribution in [1.29, 1.82) is 0 Å². The van der Waals surface area contributed by atoms with Crippen molar-refractivity contribution in [2.45, 2.75) is 47.1 Å². The van der Waals surface area contributed by atoms with Gasteiger partial charge >= 0.3 is 0 Å². The lowest BCUT2D eigenvalue weighted by atomic mass is 10.1. The zero-order valence-electron chi connectivity index (χ0n) is 13.8. The topological polar surface area (TPSA) is 59.3 Å². The van der Waals surface area contributed by atoms with Crippen LogP contribution in [0.2, 0.25) is 0 Å². The number of carbonyl (C=O) groups excluding carboxylic acids is 1. The van der Waals surface area contributed by atoms with Crippen molar-refractivity contribution in [3.05, 3.63) is 29.6 Å². The number of hydrogen-bond acceptors (Lipinski definition) is 3. The van der Waals surface area contributed by atoms with Crippen LogP contribution in [0.4, 0.5) is 0 Å². The van der Waals surface area contributed by atoms with E-state index in [1.807, 2.05) is 31.3 Å². The molecule has 1 amide bonds. The third kappa shape index (κ3) is 3.35. The third-order valence-electron chi connectivity index (χ3n) is 4.02. The molecule has 2 aromatic rings. The molecule has 2 rings (SSSR count). The molecule has 0 fully saturated rings. The second-order valence-electron chi connectivity index (χ2n) is 5.40. The minimum Gasteiger partial charge on any atom is -0.329 e. The van der Waals surface area contributed by atoms with E-state index in [-0.39, 0.29) is 5.91 Å². The number of amides is 1. The van der Waals surface area contributed by atoms with Crippen molar-refractivity contribution in [2.75, 3.05) is 0 Å². The number of fused-ring (bicyclic) bond motifs is 1. The number of aryl methyl sites for hydroxylation is 2. The van der Waals surface area contributed by atoms with Gasteiger partial charge in [0.25, 0.3) is 5.91 Å². The van der Waals surface area contributed by atoms with E-state index in [9.17, 15) is 4.79 Å². The molecule has 1 N–H and O–H groups in total. The predicted molar refractivity (Wildman–Crippen MR) is 90.2 cm³/mol. The minimum absolute atomic E-state index is 0.201. The van der Waals surface area contributed by atoms with E-state index in [2.05, 4.69) is 40.8 Å². The first-order valence-corrected chi connectivity index (χ1v) is 7.91. The Morgan fingerprint density at radius 1 is 1.36 bits per heavy atom. The monoisotopic (exact) mass is 300 g/mol. The van der Waals surface area contributed by atoms with Crippen LogP contribution in [0, 0.1) is 12.8 Å². The smallest absolute Gasteiger partial charge is 0.271 e. The molecule has 0 aliphatic rings. The van der Waals surface area contributed by atoms with Gasteiger partial charge in [0.15, 0.2) is 0 Å². The molecule has 118 valence electrons. The van der Waals surface area contributed by atoms with E-state index in [1.165, 1.54) is 0 Å². The maximum atomic E-state index is 12.1. The van der Waals surface area contributed by atoms with Crippen LogP contribution in [-0.2, 0) is 6.54 Å². The molecule has 0 spiro atoms. The number of carbonyl (C=O) groups is 1. The summed E-state index contributed by atoms with van der Waals surface area (Å²) in [6.07, 6.45) is 3.86. The largest absolute Gasteiger partial charge is 0.329 e. The van der Waals surface area contributed by atoms with Crippen LogP contribution in [0.25, 0.3) is 11.0 Å². The van der Waals surface area contributed by atoms with E-state index in [0.717, 1.165) is 36.2 Å². The Morgan fingerprint density at radius 2 is 2.09 bits per heavy atom. The highest BCUT2D eigenvalue weighted by atomic mass is 16.2. The fraction of sp³-hybridized carbons (Fsp3) is 0.471. The van der Waals surface area contributed by atoms with Crippen molar-refractivity contribution in [3.8, 4) is 0 Å². The highest BCUT2D eigenvalue weighted by Crippen LogP contribution is 2.17. The summed E-state index contributed by atoms with van der Waals surface area (Å²) in [7, 11) is 0. The summed E-state index contributed by atoms with van der Waals surface area (Å²) in [5.41, 5.74) is 5.07. The maximum Gasteiger partial charge on any atom is 0.271 e. The van der Waals surface area contributed by atoms with Gasteiger partial charge in [0, 0.05) is 18.3 Å². The Bertz CT molecular complexity index is 683. The molecule has 0 saturated carbocycles. The lowest BCUT2D eigenvalue weighted by Gasteiger charge is -2.05. The summed E-state index contributed by atoms with van der Waals surface area (Å²) in [5, 5.41) is 4.06. The van der Waals surface area contributed by atoms with Gasteiger partial charge in [-0.1, -0.05) is 13.8 Å². The second kappa shape index (κ2) is 7.20. The van der Waals surface area contributed by atoms with E-state index in [4.69, 9.17) is 0 Å². The van der Waals surface area contributed by atoms with Gasteiger partial charge < -0.3 is 4.57 Å². The van der Waals surface area contributed by atoms with Crippen LogP contribution in [-0.4, -0.2) is 21.7 Å². The zero-order valence-corrected chi connectivity index (χ0v) is 13.8. The van der Waals surface area contributed by atoms with Crippen LogP contribution in [0.15, 0.2) is 23.3 Å². The van der Waals surface area contributed by atoms with Crippen molar-refractivity contribution >= 4 is 23.2 Å². The zero-order chi connectivity index (χ0) is 16.1. The van der Waals surface area contributed by atoms with Crippen molar-refractivity contribution < 1.29 is 4.79 Å². The summed E-state index contributed by atoms with van der Waals surface area (Å²) in [4.78, 5) is 16.7. The fourth-order valence-electron chi connectivity index (χ4n) is 2.56. The van der Waals surface area contributed by atoms with Crippen LogP contribution < -0.4 is 5.43 Å². The first-order chi connectivity index (χ1) is 10.6. The van der Waals surface area contributed by atoms with Gasteiger partial charge in [0.1, 0.15) is 5.82 Å². The Balaban J connectivity index is 2.15. The molecular formula is C17H24N4O. The van der Waals surface area contributed by atoms with Crippen LogP contribution in [0.1, 0.15) is 49.8 Å². The molecule has 1 heterocycles. The normalized spacial score (nSPS) is 11.7. The van der Waals surface area contributed by atoms with E-state index >= 15 is 0 Å². The summed E-state index contributed by atoms with van der Waals surface area (Å²) in [6.45, 7) is 9.16. The maximum absolute atomic E-state index is 12.1. The van der Waals surface area contributed by atoms with Crippen LogP contribution in [0.5, 0.6) is 0 Å². The first-order valence-electron chi connectivity index (χ1n) is 7.91. The molecule has 0 aliphatic heterocycles. The molecule has 0 atom stereocenters. The Kier molecular flexibility index (Phi) is 5.31. The third-order valence-corrected chi connectivity index (χ3v) is 4.02. The Labute approximate surface area is 131 Å². The quantitative estimate of drug-likeness (QED) is 0.655. The number of hydrazone groups is 1. The number of hydrogen-bond donors (Lipinski definition) is 1. The van der Waals surface area contributed by atoms with Gasteiger partial charge in [0.2, 0.25) is 0 Å². The number of nitrogens with one attached hydrogen (secondary N) is 1. The van der Waals surface area contributed by atoms with Crippen molar-refractivity contribution in [1.82, 2.24) is 15.0 Å². The molecule has 1 aromatic heterocycles. The summed E-state index contributed by atoms with van der Waals surface area (Å²) in [5.74, 6) is 1.17. The molecule has 5 heteroatoms. The highest BCUT2D eigenvalue weighted by molar-refractivity contribution is 5.97. The Hall–Kier alpha value is -2.17. The fourth-order valence-corrected chi connectivity index (χ4v) is 2.56. The molecule has 0 bridgehead atoms. The number of nitrogens with zero attached hydrogens (tertiary/aromatic N) is 3. The molecule has 1 aromatic carbocycles. The van der Waals surface area contributed by atoms with Gasteiger partial charge in [0.05, 0.1) is 11.0 Å². The Morgan fingerprint density at radius 3 is 2.73 bits per heavy atom. The van der Waals surface area contributed by atoms with Gasteiger partial charge in [-0.3, -0.25) is 4.79 Å². The van der Waals surface area contributed by atoms with Crippen molar-refractivity contribution in [2.24, 2.45) is 11.0 Å². The van der Waals surface area contributed by atoms with Crippen LogP contribution in [0.3, 0.4) is 0 Å². The average Bonchev–Trinajstić information content (AvgIpc) is 2.85. The van der Waals surface area contributed by atoms with Gasteiger partial charge in [-0.25, -0.2) is 10.4 Å². The number of rotatable bonds is 6. The van der Waals surface area contributed by atoms with E-state index < -0.39 is 0 Å². The van der Waals surface area contributed by atoms with Gasteiger partial charge in [-0.15, -0.1) is 0 Å². The molecule has 0 aliphatic carbocycles. The first kappa shape index (κ1) is 16.2. The number of imidazole rings is 1. The van der Waals surface area contributed by atoms with E-state index in [1.54, 1.807) is 0 Å². The lowest BCUT2D eigenvalue weighted by molar-refractivity contribution is 0.0955. The van der Waals surface area contributed by atoms with Crippen molar-refractivity contribution in [3.63, 3.8) is 0 Å². The summed E-state index contributed by atoms with van der Waals surface area (Å²) < 4.78 is 2.13. The molecule has 0 saturated heterocycles. The molecule has 0 unspecified atom stereocenters.